The Labute approximate surface area is 96.3 Å². The van der Waals surface area contributed by atoms with Gasteiger partial charge in [-0.3, -0.25) is 0 Å². The van der Waals surface area contributed by atoms with Crippen LogP contribution in [-0.4, -0.2) is 41.3 Å². The Balaban J connectivity index is 2.36. The monoisotopic (exact) mass is 225 g/mol. The molecule has 0 unspecified atom stereocenters. The molecule has 1 aromatic rings. The van der Waals surface area contributed by atoms with Crippen LogP contribution in [0.5, 0.6) is 0 Å². The zero-order chi connectivity index (χ0) is 11.1. The highest BCUT2D eigenvalue weighted by atomic mass is 32.2. The van der Waals surface area contributed by atoms with Crippen molar-refractivity contribution >= 4 is 11.8 Å². The standard InChI is InChI=1S/C11H19N3S/c1-4-15-11-12-8-10(9-13-11)6-5-7-14(2)3/h8-9H,4-7H2,1-3H3. The molecule has 3 nitrogen and oxygen atoms in total. The van der Waals surface area contributed by atoms with Gasteiger partial charge in [-0.15, -0.1) is 0 Å². The molecule has 0 aromatic carbocycles. The van der Waals surface area contributed by atoms with Gasteiger partial charge in [0.05, 0.1) is 0 Å². The fraction of sp³-hybridized carbons (Fsp3) is 0.636. The van der Waals surface area contributed by atoms with Gasteiger partial charge in [0, 0.05) is 12.4 Å². The number of rotatable bonds is 6. The molecule has 0 fully saturated rings. The van der Waals surface area contributed by atoms with Crippen LogP contribution in [0.25, 0.3) is 0 Å². The van der Waals surface area contributed by atoms with Crippen molar-refractivity contribution in [2.75, 3.05) is 26.4 Å². The SMILES string of the molecule is CCSc1ncc(CCCN(C)C)cn1. The van der Waals surface area contributed by atoms with Crippen LogP contribution in [0.15, 0.2) is 17.6 Å². The van der Waals surface area contributed by atoms with Gasteiger partial charge in [-0.25, -0.2) is 9.97 Å². The van der Waals surface area contributed by atoms with E-state index in [2.05, 4.69) is 35.9 Å². The molecule has 84 valence electrons. The number of nitrogens with zero attached hydrogens (tertiary/aromatic N) is 3. The average Bonchev–Trinajstić information content (AvgIpc) is 2.20. The highest BCUT2D eigenvalue weighted by molar-refractivity contribution is 7.99. The normalized spacial score (nSPS) is 10.9. The van der Waals surface area contributed by atoms with Gasteiger partial charge in [-0.05, 0) is 44.8 Å². The van der Waals surface area contributed by atoms with Gasteiger partial charge in [0.2, 0.25) is 0 Å². The molecule has 1 heterocycles. The van der Waals surface area contributed by atoms with Crippen molar-refractivity contribution in [3.8, 4) is 0 Å². The van der Waals surface area contributed by atoms with Crippen molar-refractivity contribution in [1.29, 1.82) is 0 Å². The van der Waals surface area contributed by atoms with Crippen molar-refractivity contribution in [1.82, 2.24) is 14.9 Å². The summed E-state index contributed by atoms with van der Waals surface area (Å²) in [6.45, 7) is 3.23. The lowest BCUT2D eigenvalue weighted by atomic mass is 10.2. The Morgan fingerprint density at radius 2 is 1.93 bits per heavy atom. The lowest BCUT2D eigenvalue weighted by Gasteiger charge is -2.08. The molecular weight excluding hydrogens is 206 g/mol. The summed E-state index contributed by atoms with van der Waals surface area (Å²) < 4.78 is 0. The smallest absolute Gasteiger partial charge is 0.187 e. The first-order valence-electron chi connectivity index (χ1n) is 5.31. The molecule has 0 amide bonds. The maximum absolute atomic E-state index is 4.30. The van der Waals surface area contributed by atoms with Crippen molar-refractivity contribution < 1.29 is 0 Å². The molecule has 0 aliphatic heterocycles. The van der Waals surface area contributed by atoms with Gasteiger partial charge < -0.3 is 4.90 Å². The number of aryl methyl sites for hydroxylation is 1. The van der Waals surface area contributed by atoms with Crippen LogP contribution in [0, 0.1) is 0 Å². The van der Waals surface area contributed by atoms with E-state index >= 15 is 0 Å². The number of hydrogen-bond donors (Lipinski definition) is 0. The zero-order valence-electron chi connectivity index (χ0n) is 9.73. The molecule has 1 aromatic heterocycles. The summed E-state index contributed by atoms with van der Waals surface area (Å²) in [6, 6.07) is 0. The van der Waals surface area contributed by atoms with Gasteiger partial charge in [0.25, 0.3) is 0 Å². The van der Waals surface area contributed by atoms with Gasteiger partial charge >= 0.3 is 0 Å². The van der Waals surface area contributed by atoms with E-state index in [0.29, 0.717) is 0 Å². The van der Waals surface area contributed by atoms with E-state index in [1.54, 1.807) is 11.8 Å². The van der Waals surface area contributed by atoms with Crippen molar-refractivity contribution in [3.63, 3.8) is 0 Å². The average molecular weight is 225 g/mol. The van der Waals surface area contributed by atoms with Crippen LogP contribution >= 0.6 is 11.8 Å². The third-order valence-corrected chi connectivity index (χ3v) is 2.78. The Kier molecular flexibility index (Phi) is 5.65. The van der Waals surface area contributed by atoms with E-state index in [-0.39, 0.29) is 0 Å². The summed E-state index contributed by atoms with van der Waals surface area (Å²) in [5.41, 5.74) is 1.23. The molecule has 0 aliphatic rings. The maximum atomic E-state index is 4.30. The molecule has 1 rings (SSSR count). The van der Waals surface area contributed by atoms with E-state index in [0.717, 1.165) is 30.3 Å². The molecule has 0 saturated carbocycles. The van der Waals surface area contributed by atoms with E-state index in [4.69, 9.17) is 0 Å². The Morgan fingerprint density at radius 3 is 2.47 bits per heavy atom. The third kappa shape index (κ3) is 5.14. The minimum Gasteiger partial charge on any atom is -0.309 e. The van der Waals surface area contributed by atoms with Crippen molar-refractivity contribution in [2.24, 2.45) is 0 Å². The van der Waals surface area contributed by atoms with Crippen LogP contribution in [0.2, 0.25) is 0 Å². The summed E-state index contributed by atoms with van der Waals surface area (Å²) in [5.74, 6) is 1.03. The molecule has 15 heavy (non-hydrogen) atoms. The highest BCUT2D eigenvalue weighted by Gasteiger charge is 1.98. The summed E-state index contributed by atoms with van der Waals surface area (Å²) >= 11 is 1.68. The van der Waals surface area contributed by atoms with E-state index in [1.807, 2.05) is 12.4 Å². The molecule has 0 aliphatic carbocycles. The number of hydrogen-bond acceptors (Lipinski definition) is 4. The number of aromatic nitrogens is 2. The maximum Gasteiger partial charge on any atom is 0.187 e. The molecule has 0 saturated heterocycles. The molecule has 0 N–H and O–H groups in total. The van der Waals surface area contributed by atoms with E-state index in [1.165, 1.54) is 5.56 Å². The Bertz CT molecular complexity index is 272. The van der Waals surface area contributed by atoms with Crippen molar-refractivity contribution in [2.45, 2.75) is 24.9 Å². The topological polar surface area (TPSA) is 29.0 Å². The fourth-order valence-corrected chi connectivity index (χ4v) is 1.79. The zero-order valence-corrected chi connectivity index (χ0v) is 10.5. The number of thioether (sulfide) groups is 1. The first-order chi connectivity index (χ1) is 7.22. The highest BCUT2D eigenvalue weighted by Crippen LogP contribution is 2.11. The quantitative estimate of drug-likeness (QED) is 0.547. The minimum atomic E-state index is 0.883. The summed E-state index contributed by atoms with van der Waals surface area (Å²) in [7, 11) is 4.19. The molecule has 0 bridgehead atoms. The second-order valence-electron chi connectivity index (χ2n) is 3.71. The van der Waals surface area contributed by atoms with Gasteiger partial charge in [-0.1, -0.05) is 18.7 Å². The van der Waals surface area contributed by atoms with Crippen LogP contribution in [-0.2, 0) is 6.42 Å². The van der Waals surface area contributed by atoms with Crippen LogP contribution in [0.3, 0.4) is 0 Å². The predicted molar refractivity (Wildman–Crippen MR) is 65.3 cm³/mol. The summed E-state index contributed by atoms with van der Waals surface area (Å²) in [4.78, 5) is 10.8. The van der Waals surface area contributed by atoms with Gasteiger partial charge in [-0.2, -0.15) is 0 Å². The minimum absolute atomic E-state index is 0.883. The van der Waals surface area contributed by atoms with Crippen molar-refractivity contribution in [3.05, 3.63) is 18.0 Å². The largest absolute Gasteiger partial charge is 0.309 e. The van der Waals surface area contributed by atoms with Crippen LogP contribution in [0.1, 0.15) is 18.9 Å². The molecule has 4 heteroatoms. The Hall–Kier alpha value is -0.610. The molecule has 0 radical (unpaired) electrons. The first kappa shape index (κ1) is 12.5. The second kappa shape index (κ2) is 6.80. The fourth-order valence-electron chi connectivity index (χ4n) is 1.28. The van der Waals surface area contributed by atoms with Gasteiger partial charge in [0.15, 0.2) is 5.16 Å². The molecular formula is C11H19N3S. The predicted octanol–water partition coefficient (Wildman–Crippen LogP) is 2.08. The summed E-state index contributed by atoms with van der Waals surface area (Å²) in [6.07, 6.45) is 6.12. The second-order valence-corrected chi connectivity index (χ2v) is 4.94. The van der Waals surface area contributed by atoms with Crippen LogP contribution in [0.4, 0.5) is 0 Å². The first-order valence-corrected chi connectivity index (χ1v) is 6.29. The van der Waals surface area contributed by atoms with Gasteiger partial charge in [0.1, 0.15) is 0 Å². The van der Waals surface area contributed by atoms with E-state index < -0.39 is 0 Å². The summed E-state index contributed by atoms with van der Waals surface area (Å²) in [5, 5.41) is 0.883. The van der Waals surface area contributed by atoms with E-state index in [9.17, 15) is 0 Å². The lowest BCUT2D eigenvalue weighted by molar-refractivity contribution is 0.400. The molecule has 0 atom stereocenters. The Morgan fingerprint density at radius 1 is 1.27 bits per heavy atom. The lowest BCUT2D eigenvalue weighted by Crippen LogP contribution is -2.13. The third-order valence-electron chi connectivity index (χ3n) is 2.03. The molecule has 0 spiro atoms. The van der Waals surface area contributed by atoms with Crippen LogP contribution < -0.4 is 0 Å².